The van der Waals surface area contributed by atoms with Crippen molar-refractivity contribution in [2.24, 2.45) is 0 Å². The second kappa shape index (κ2) is 7.57. The molecule has 0 saturated heterocycles. The summed E-state index contributed by atoms with van der Waals surface area (Å²) in [7, 11) is 0. The van der Waals surface area contributed by atoms with Crippen LogP contribution in [-0.2, 0) is 22.7 Å². The molecule has 2 aromatic carbocycles. The summed E-state index contributed by atoms with van der Waals surface area (Å²) in [5.41, 5.74) is 2.74. The molecular weight excluding hydrogens is 330 g/mol. The number of ether oxygens (including phenoxy) is 1. The van der Waals surface area contributed by atoms with Gasteiger partial charge in [-0.05, 0) is 29.8 Å². The molecule has 7 heteroatoms. The fourth-order valence-corrected chi connectivity index (χ4v) is 2.31. The van der Waals surface area contributed by atoms with E-state index in [9.17, 15) is 13.6 Å². The van der Waals surface area contributed by atoms with Crippen LogP contribution in [0.4, 0.5) is 14.5 Å². The van der Waals surface area contributed by atoms with Gasteiger partial charge in [-0.3, -0.25) is 4.79 Å². The molecule has 0 aliphatic rings. The topological polar surface area (TPSA) is 64.4 Å². The van der Waals surface area contributed by atoms with Crippen LogP contribution < -0.4 is 5.32 Å². The van der Waals surface area contributed by atoms with Crippen LogP contribution in [-0.4, -0.2) is 11.6 Å². The summed E-state index contributed by atoms with van der Waals surface area (Å²) in [4.78, 5) is 10.2. The Hall–Kier alpha value is -3.22. The number of nitrogens with one attached hydrogen (secondary N) is 1. The minimum absolute atomic E-state index is 0.0281. The first-order valence-corrected chi connectivity index (χ1v) is 7.44. The number of halogens is 2. The van der Waals surface area contributed by atoms with Gasteiger partial charge in [-0.15, -0.1) is 0 Å². The highest BCUT2D eigenvalue weighted by Gasteiger charge is 2.07. The number of benzene rings is 2. The number of aromatic nitrogens is 1. The molecule has 25 heavy (non-hydrogen) atoms. The molecule has 0 atom stereocenters. The Balaban J connectivity index is 1.63. The Morgan fingerprint density at radius 3 is 2.48 bits per heavy atom. The van der Waals surface area contributed by atoms with Crippen molar-refractivity contribution in [3.05, 3.63) is 71.5 Å². The van der Waals surface area contributed by atoms with Gasteiger partial charge in [0.2, 0.25) is 0 Å². The SMILES string of the molecule is O=COCc1cc(-c2ccc(NCc3cc(F)cc(F)c3)cc2)no1. The van der Waals surface area contributed by atoms with E-state index in [1.165, 1.54) is 12.1 Å². The minimum Gasteiger partial charge on any atom is -0.460 e. The maximum atomic E-state index is 13.2. The van der Waals surface area contributed by atoms with E-state index in [2.05, 4.69) is 15.2 Å². The van der Waals surface area contributed by atoms with Crippen LogP contribution in [0, 0.1) is 11.6 Å². The molecule has 5 nitrogen and oxygen atoms in total. The van der Waals surface area contributed by atoms with E-state index >= 15 is 0 Å². The highest BCUT2D eigenvalue weighted by atomic mass is 19.1. The Bertz CT molecular complexity index is 843. The predicted octanol–water partition coefficient (Wildman–Crippen LogP) is 3.90. The molecule has 0 aliphatic carbocycles. The van der Waals surface area contributed by atoms with Crippen LogP contribution in [0.2, 0.25) is 0 Å². The molecule has 3 rings (SSSR count). The van der Waals surface area contributed by atoms with Gasteiger partial charge in [0.05, 0.1) is 0 Å². The van der Waals surface area contributed by atoms with E-state index in [0.29, 0.717) is 30.0 Å². The molecule has 0 radical (unpaired) electrons. The van der Waals surface area contributed by atoms with Gasteiger partial charge in [-0.1, -0.05) is 17.3 Å². The quantitative estimate of drug-likeness (QED) is 0.659. The first-order chi connectivity index (χ1) is 12.1. The van der Waals surface area contributed by atoms with Crippen LogP contribution in [0.1, 0.15) is 11.3 Å². The zero-order valence-corrected chi connectivity index (χ0v) is 13.0. The first kappa shape index (κ1) is 16.6. The molecule has 0 saturated carbocycles. The monoisotopic (exact) mass is 344 g/mol. The molecule has 0 aliphatic heterocycles. The Morgan fingerprint density at radius 2 is 1.80 bits per heavy atom. The smallest absolute Gasteiger partial charge is 0.293 e. The third-order valence-corrected chi connectivity index (χ3v) is 3.45. The molecule has 1 aromatic heterocycles. The molecule has 0 amide bonds. The fraction of sp³-hybridized carbons (Fsp3) is 0.111. The lowest BCUT2D eigenvalue weighted by atomic mass is 10.1. The average Bonchev–Trinajstić information content (AvgIpc) is 3.07. The van der Waals surface area contributed by atoms with Gasteiger partial charge in [0.15, 0.2) is 12.4 Å². The van der Waals surface area contributed by atoms with Gasteiger partial charge in [0, 0.05) is 29.9 Å². The van der Waals surface area contributed by atoms with Crippen molar-refractivity contribution in [2.75, 3.05) is 5.32 Å². The Morgan fingerprint density at radius 1 is 1.08 bits per heavy atom. The summed E-state index contributed by atoms with van der Waals surface area (Å²) < 4.78 is 36.0. The van der Waals surface area contributed by atoms with E-state index in [1.54, 1.807) is 6.07 Å². The average molecular weight is 344 g/mol. The maximum absolute atomic E-state index is 13.2. The fourth-order valence-electron chi connectivity index (χ4n) is 2.31. The largest absolute Gasteiger partial charge is 0.460 e. The normalized spacial score (nSPS) is 10.5. The summed E-state index contributed by atoms with van der Waals surface area (Å²) >= 11 is 0. The molecule has 1 N–H and O–H groups in total. The van der Waals surface area contributed by atoms with Crippen molar-refractivity contribution < 1.29 is 22.8 Å². The lowest BCUT2D eigenvalue weighted by Gasteiger charge is -2.07. The molecule has 0 fully saturated rings. The maximum Gasteiger partial charge on any atom is 0.293 e. The number of hydrogen-bond donors (Lipinski definition) is 1. The van der Waals surface area contributed by atoms with E-state index in [0.717, 1.165) is 17.3 Å². The third kappa shape index (κ3) is 4.41. The molecule has 0 unspecified atom stereocenters. The predicted molar refractivity (Wildman–Crippen MR) is 86.5 cm³/mol. The van der Waals surface area contributed by atoms with Crippen LogP contribution in [0.25, 0.3) is 11.3 Å². The van der Waals surface area contributed by atoms with Gasteiger partial charge in [-0.25, -0.2) is 8.78 Å². The highest BCUT2D eigenvalue weighted by molar-refractivity contribution is 5.62. The van der Waals surface area contributed by atoms with Crippen molar-refractivity contribution in [1.82, 2.24) is 5.16 Å². The van der Waals surface area contributed by atoms with Crippen LogP contribution in [0.5, 0.6) is 0 Å². The van der Waals surface area contributed by atoms with Gasteiger partial charge in [0.1, 0.15) is 17.3 Å². The van der Waals surface area contributed by atoms with Gasteiger partial charge in [-0.2, -0.15) is 0 Å². The van der Waals surface area contributed by atoms with Crippen molar-refractivity contribution in [3.63, 3.8) is 0 Å². The number of carbonyl (C=O) groups is 1. The van der Waals surface area contributed by atoms with Crippen molar-refractivity contribution in [2.45, 2.75) is 13.2 Å². The second-order valence-corrected chi connectivity index (χ2v) is 5.29. The summed E-state index contributed by atoms with van der Waals surface area (Å²) in [5.74, 6) is -0.766. The van der Waals surface area contributed by atoms with E-state index in [-0.39, 0.29) is 6.61 Å². The minimum atomic E-state index is -0.604. The number of rotatable bonds is 7. The number of nitrogens with zero attached hydrogens (tertiary/aromatic N) is 1. The van der Waals surface area contributed by atoms with Gasteiger partial charge < -0.3 is 14.6 Å². The molecule has 3 aromatic rings. The second-order valence-electron chi connectivity index (χ2n) is 5.29. The summed E-state index contributed by atoms with van der Waals surface area (Å²) in [6, 6.07) is 12.4. The standard InChI is InChI=1S/C18H14F2N2O3/c19-14-5-12(6-15(20)7-14)9-21-16-3-1-13(2-4-16)18-8-17(25-22-18)10-24-11-23/h1-8,11,21H,9-10H2. The van der Waals surface area contributed by atoms with Gasteiger partial charge >= 0.3 is 0 Å². The summed E-state index contributed by atoms with van der Waals surface area (Å²) in [5, 5.41) is 7.00. The number of anilines is 1. The molecule has 0 spiro atoms. The lowest BCUT2D eigenvalue weighted by Crippen LogP contribution is -2.00. The summed E-state index contributed by atoms with van der Waals surface area (Å²) in [6.45, 7) is 0.665. The zero-order chi connectivity index (χ0) is 17.6. The summed E-state index contributed by atoms with van der Waals surface area (Å²) in [6.07, 6.45) is 0. The van der Waals surface area contributed by atoms with Crippen molar-refractivity contribution >= 4 is 12.2 Å². The third-order valence-electron chi connectivity index (χ3n) is 3.45. The number of hydrogen-bond acceptors (Lipinski definition) is 5. The highest BCUT2D eigenvalue weighted by Crippen LogP contribution is 2.22. The van der Waals surface area contributed by atoms with Crippen LogP contribution in [0.3, 0.4) is 0 Å². The lowest BCUT2D eigenvalue weighted by molar-refractivity contribution is -0.130. The number of carbonyl (C=O) groups excluding carboxylic acids is 1. The molecule has 0 bridgehead atoms. The van der Waals surface area contributed by atoms with E-state index in [4.69, 9.17) is 4.52 Å². The first-order valence-electron chi connectivity index (χ1n) is 7.44. The van der Waals surface area contributed by atoms with E-state index < -0.39 is 11.6 Å². The van der Waals surface area contributed by atoms with Crippen LogP contribution >= 0.6 is 0 Å². The van der Waals surface area contributed by atoms with Crippen LogP contribution in [0.15, 0.2) is 53.1 Å². The molecular formula is C18H14F2N2O3. The molecule has 1 heterocycles. The molecule has 128 valence electrons. The Labute approximate surface area is 142 Å². The van der Waals surface area contributed by atoms with E-state index in [1.807, 2.05) is 24.3 Å². The van der Waals surface area contributed by atoms with Gasteiger partial charge in [0.25, 0.3) is 6.47 Å². The zero-order valence-electron chi connectivity index (χ0n) is 13.0. The van der Waals surface area contributed by atoms with Crippen molar-refractivity contribution in [1.29, 1.82) is 0 Å². The van der Waals surface area contributed by atoms with Crippen molar-refractivity contribution in [3.8, 4) is 11.3 Å². The Kier molecular flexibility index (Phi) is 5.03.